The minimum atomic E-state index is -0.475. The third-order valence-corrected chi connectivity index (χ3v) is 4.66. The average molecular weight is 341 g/mol. The molecule has 2 aliphatic rings. The van der Waals surface area contributed by atoms with Crippen LogP contribution in [0, 0.1) is 6.92 Å². The summed E-state index contributed by atoms with van der Waals surface area (Å²) in [6.45, 7) is 7.75. The Hall–Kier alpha value is -2.56. The van der Waals surface area contributed by atoms with E-state index in [-0.39, 0.29) is 18.7 Å². The number of dihydropyridines is 1. The van der Waals surface area contributed by atoms with Gasteiger partial charge in [0, 0.05) is 17.8 Å². The zero-order valence-electron chi connectivity index (χ0n) is 15.0. The van der Waals surface area contributed by atoms with E-state index in [1.807, 2.05) is 45.0 Å². The number of esters is 2. The SMILES string of the molecule is CCOC(=O)C1=C(C)NC2=C(C(=O)OC(C)C2)C1c1ccccc1C. The largest absolute Gasteiger partial charge is 0.463 e. The molecule has 0 aromatic heterocycles. The zero-order valence-corrected chi connectivity index (χ0v) is 15.0. The van der Waals surface area contributed by atoms with Crippen LogP contribution in [0.2, 0.25) is 0 Å². The van der Waals surface area contributed by atoms with Gasteiger partial charge in [-0.15, -0.1) is 0 Å². The molecule has 0 amide bonds. The highest BCUT2D eigenvalue weighted by Crippen LogP contribution is 2.43. The molecule has 25 heavy (non-hydrogen) atoms. The number of benzene rings is 1. The van der Waals surface area contributed by atoms with Crippen molar-refractivity contribution in [1.82, 2.24) is 5.32 Å². The van der Waals surface area contributed by atoms with Crippen LogP contribution in [0.4, 0.5) is 0 Å². The second-order valence-corrected chi connectivity index (χ2v) is 6.49. The Kier molecular flexibility index (Phi) is 4.66. The summed E-state index contributed by atoms with van der Waals surface area (Å²) in [4.78, 5) is 25.3. The zero-order chi connectivity index (χ0) is 18.1. The summed E-state index contributed by atoms with van der Waals surface area (Å²) < 4.78 is 10.7. The Morgan fingerprint density at radius 3 is 2.72 bits per heavy atom. The molecule has 0 saturated heterocycles. The van der Waals surface area contributed by atoms with Gasteiger partial charge in [-0.25, -0.2) is 9.59 Å². The van der Waals surface area contributed by atoms with Crippen molar-refractivity contribution >= 4 is 11.9 Å². The molecule has 2 unspecified atom stereocenters. The molecule has 5 heteroatoms. The molecule has 0 spiro atoms. The Balaban J connectivity index is 2.19. The predicted molar refractivity (Wildman–Crippen MR) is 93.6 cm³/mol. The van der Waals surface area contributed by atoms with Crippen molar-refractivity contribution < 1.29 is 19.1 Å². The molecule has 1 aromatic carbocycles. The van der Waals surface area contributed by atoms with Gasteiger partial charge in [0.2, 0.25) is 0 Å². The maximum atomic E-state index is 12.7. The summed E-state index contributed by atoms with van der Waals surface area (Å²) in [7, 11) is 0. The van der Waals surface area contributed by atoms with Gasteiger partial charge in [0.1, 0.15) is 6.10 Å². The van der Waals surface area contributed by atoms with E-state index in [1.54, 1.807) is 6.92 Å². The standard InChI is InChI=1S/C20H23NO4/c1-5-24-19(22)16-13(4)21-15-10-12(3)25-20(23)18(15)17(16)14-9-7-6-8-11(14)2/h6-9,12,17,21H,5,10H2,1-4H3. The number of hydrogen-bond acceptors (Lipinski definition) is 5. The summed E-state index contributed by atoms with van der Waals surface area (Å²) in [6.07, 6.45) is 0.421. The molecule has 3 rings (SSSR count). The van der Waals surface area contributed by atoms with Crippen LogP contribution in [0.1, 0.15) is 44.2 Å². The van der Waals surface area contributed by atoms with Crippen LogP contribution in [-0.4, -0.2) is 24.6 Å². The van der Waals surface area contributed by atoms with Crippen molar-refractivity contribution in [3.05, 3.63) is 57.9 Å². The lowest BCUT2D eigenvalue weighted by Gasteiger charge is -2.36. The van der Waals surface area contributed by atoms with E-state index in [0.29, 0.717) is 17.6 Å². The molecule has 0 fully saturated rings. The smallest absolute Gasteiger partial charge is 0.337 e. The van der Waals surface area contributed by atoms with Crippen molar-refractivity contribution in [2.45, 2.75) is 46.1 Å². The van der Waals surface area contributed by atoms with Crippen molar-refractivity contribution in [3.8, 4) is 0 Å². The van der Waals surface area contributed by atoms with Gasteiger partial charge >= 0.3 is 11.9 Å². The number of cyclic esters (lactones) is 1. The minimum absolute atomic E-state index is 0.187. The molecule has 1 N–H and O–H groups in total. The van der Waals surface area contributed by atoms with Crippen LogP contribution in [0.3, 0.4) is 0 Å². The topological polar surface area (TPSA) is 64.6 Å². The Bertz CT molecular complexity index is 791. The molecule has 2 atom stereocenters. The van der Waals surface area contributed by atoms with Crippen LogP contribution in [0.5, 0.6) is 0 Å². The number of rotatable bonds is 3. The number of nitrogens with one attached hydrogen (secondary N) is 1. The van der Waals surface area contributed by atoms with E-state index in [1.165, 1.54) is 0 Å². The number of hydrogen-bond donors (Lipinski definition) is 1. The van der Waals surface area contributed by atoms with E-state index in [2.05, 4.69) is 5.32 Å². The molecular formula is C20H23NO4. The molecule has 0 saturated carbocycles. The van der Waals surface area contributed by atoms with Gasteiger partial charge in [0.25, 0.3) is 0 Å². The van der Waals surface area contributed by atoms with Crippen molar-refractivity contribution in [2.75, 3.05) is 6.61 Å². The van der Waals surface area contributed by atoms with Crippen LogP contribution >= 0.6 is 0 Å². The highest BCUT2D eigenvalue weighted by molar-refractivity contribution is 6.00. The van der Waals surface area contributed by atoms with E-state index in [4.69, 9.17) is 9.47 Å². The first-order chi connectivity index (χ1) is 11.9. The molecule has 2 heterocycles. The fourth-order valence-electron chi connectivity index (χ4n) is 3.57. The first kappa shape index (κ1) is 17.3. The second-order valence-electron chi connectivity index (χ2n) is 6.49. The molecular weight excluding hydrogens is 318 g/mol. The summed E-state index contributed by atoms with van der Waals surface area (Å²) in [6, 6.07) is 7.79. The van der Waals surface area contributed by atoms with Gasteiger partial charge in [-0.1, -0.05) is 24.3 Å². The Labute approximate surface area is 147 Å². The minimum Gasteiger partial charge on any atom is -0.463 e. The lowest BCUT2D eigenvalue weighted by atomic mass is 9.77. The third kappa shape index (κ3) is 3.06. The van der Waals surface area contributed by atoms with Crippen molar-refractivity contribution in [2.24, 2.45) is 0 Å². The number of carbonyl (C=O) groups excluding carboxylic acids is 2. The van der Waals surface area contributed by atoms with Crippen molar-refractivity contribution in [3.63, 3.8) is 0 Å². The van der Waals surface area contributed by atoms with Crippen molar-refractivity contribution in [1.29, 1.82) is 0 Å². The fraction of sp³-hybridized carbons (Fsp3) is 0.400. The van der Waals surface area contributed by atoms with E-state index in [9.17, 15) is 9.59 Å². The van der Waals surface area contributed by atoms with E-state index < -0.39 is 11.9 Å². The van der Waals surface area contributed by atoms with Crippen LogP contribution in [0.25, 0.3) is 0 Å². The average Bonchev–Trinajstić information content (AvgIpc) is 2.53. The first-order valence-electron chi connectivity index (χ1n) is 8.58. The van der Waals surface area contributed by atoms with Gasteiger partial charge in [0.15, 0.2) is 0 Å². The fourth-order valence-corrected chi connectivity index (χ4v) is 3.57. The quantitative estimate of drug-likeness (QED) is 0.856. The van der Waals surface area contributed by atoms with E-state index >= 15 is 0 Å². The Morgan fingerprint density at radius 1 is 1.32 bits per heavy atom. The molecule has 2 aliphatic heterocycles. The third-order valence-electron chi connectivity index (χ3n) is 4.66. The summed E-state index contributed by atoms with van der Waals surface area (Å²) in [5.74, 6) is -1.25. The maximum Gasteiger partial charge on any atom is 0.337 e. The lowest BCUT2D eigenvalue weighted by molar-refractivity contribution is -0.145. The monoisotopic (exact) mass is 341 g/mol. The summed E-state index contributed by atoms with van der Waals surface area (Å²) >= 11 is 0. The second kappa shape index (κ2) is 6.75. The number of ether oxygens (including phenoxy) is 2. The molecule has 0 aliphatic carbocycles. The first-order valence-corrected chi connectivity index (χ1v) is 8.58. The highest BCUT2D eigenvalue weighted by Gasteiger charge is 2.42. The molecule has 0 bridgehead atoms. The lowest BCUT2D eigenvalue weighted by Crippen LogP contribution is -2.38. The van der Waals surface area contributed by atoms with Gasteiger partial charge in [-0.3, -0.25) is 0 Å². The van der Waals surface area contributed by atoms with Gasteiger partial charge in [-0.2, -0.15) is 0 Å². The molecule has 5 nitrogen and oxygen atoms in total. The van der Waals surface area contributed by atoms with Gasteiger partial charge in [0.05, 0.1) is 23.7 Å². The highest BCUT2D eigenvalue weighted by atomic mass is 16.5. The van der Waals surface area contributed by atoms with E-state index in [0.717, 1.165) is 22.5 Å². The number of aryl methyl sites for hydroxylation is 1. The molecule has 1 aromatic rings. The van der Waals surface area contributed by atoms with Gasteiger partial charge in [-0.05, 0) is 38.8 Å². The Morgan fingerprint density at radius 2 is 2.04 bits per heavy atom. The van der Waals surface area contributed by atoms with Crippen LogP contribution in [-0.2, 0) is 19.1 Å². The van der Waals surface area contributed by atoms with Gasteiger partial charge < -0.3 is 14.8 Å². The molecule has 132 valence electrons. The predicted octanol–water partition coefficient (Wildman–Crippen LogP) is 3.11. The normalized spacial score (nSPS) is 23.0. The molecule has 0 radical (unpaired) electrons. The van der Waals surface area contributed by atoms with Crippen LogP contribution < -0.4 is 5.32 Å². The maximum absolute atomic E-state index is 12.7. The number of allylic oxidation sites excluding steroid dienone is 1. The number of carbonyl (C=O) groups is 2. The van der Waals surface area contributed by atoms with Crippen LogP contribution in [0.15, 0.2) is 46.8 Å². The summed E-state index contributed by atoms with van der Waals surface area (Å²) in [5, 5.41) is 3.25. The summed E-state index contributed by atoms with van der Waals surface area (Å²) in [5.41, 5.74) is 4.49.